The van der Waals surface area contributed by atoms with Crippen molar-refractivity contribution in [3.05, 3.63) is 16.7 Å². The van der Waals surface area contributed by atoms with Crippen molar-refractivity contribution in [2.45, 2.75) is 44.6 Å². The number of rotatable bonds is 3. The molecule has 16 heavy (non-hydrogen) atoms. The van der Waals surface area contributed by atoms with Crippen molar-refractivity contribution < 1.29 is 0 Å². The quantitative estimate of drug-likeness (QED) is 0.880. The number of hydrogen-bond donors (Lipinski definition) is 1. The molecule has 0 aromatic carbocycles. The number of halogens is 1. The van der Waals surface area contributed by atoms with Crippen LogP contribution in [-0.4, -0.2) is 16.1 Å². The van der Waals surface area contributed by atoms with E-state index in [2.05, 4.69) is 9.55 Å². The van der Waals surface area contributed by atoms with E-state index < -0.39 is 0 Å². The Morgan fingerprint density at radius 1 is 1.38 bits per heavy atom. The first-order chi connectivity index (χ1) is 7.79. The van der Waals surface area contributed by atoms with Gasteiger partial charge in [0.2, 0.25) is 0 Å². The highest BCUT2D eigenvalue weighted by atomic mass is 35.5. The standard InChI is InChI=1S/C12H18ClN3/c13-11-10-4-1-8(5-6-14)7-16(10)12(15-11)9-2-3-9/h8-9H,1-7,14H2. The van der Waals surface area contributed by atoms with E-state index in [9.17, 15) is 0 Å². The molecule has 0 spiro atoms. The second-order valence-corrected chi connectivity index (χ2v) is 5.43. The summed E-state index contributed by atoms with van der Waals surface area (Å²) in [5, 5.41) is 0.744. The number of nitrogens with two attached hydrogens (primary N) is 1. The summed E-state index contributed by atoms with van der Waals surface area (Å²) in [6.07, 6.45) is 5.98. The molecule has 0 saturated heterocycles. The zero-order chi connectivity index (χ0) is 11.1. The van der Waals surface area contributed by atoms with Crippen molar-refractivity contribution in [2.75, 3.05) is 6.54 Å². The van der Waals surface area contributed by atoms with Gasteiger partial charge in [-0.2, -0.15) is 0 Å². The van der Waals surface area contributed by atoms with Crippen LogP contribution in [0, 0.1) is 5.92 Å². The number of imidazole rings is 1. The molecule has 1 unspecified atom stereocenters. The molecule has 3 nitrogen and oxygen atoms in total. The predicted molar refractivity (Wildman–Crippen MR) is 64.7 cm³/mol. The molecule has 1 aliphatic carbocycles. The highest BCUT2D eigenvalue weighted by Gasteiger charge is 2.33. The Kier molecular flexibility index (Phi) is 2.68. The van der Waals surface area contributed by atoms with Gasteiger partial charge in [0.15, 0.2) is 5.15 Å². The molecule has 88 valence electrons. The first-order valence-electron chi connectivity index (χ1n) is 6.24. The molecule has 1 atom stereocenters. The Balaban J connectivity index is 1.89. The lowest BCUT2D eigenvalue weighted by Gasteiger charge is -2.25. The zero-order valence-electron chi connectivity index (χ0n) is 9.45. The summed E-state index contributed by atoms with van der Waals surface area (Å²) < 4.78 is 2.38. The van der Waals surface area contributed by atoms with E-state index in [0.29, 0.717) is 5.92 Å². The van der Waals surface area contributed by atoms with E-state index in [1.807, 2.05) is 0 Å². The molecule has 1 aromatic heterocycles. The Labute approximate surface area is 101 Å². The van der Waals surface area contributed by atoms with Gasteiger partial charge >= 0.3 is 0 Å². The lowest BCUT2D eigenvalue weighted by molar-refractivity contribution is 0.347. The molecule has 1 saturated carbocycles. The van der Waals surface area contributed by atoms with E-state index in [4.69, 9.17) is 17.3 Å². The molecular weight excluding hydrogens is 222 g/mol. The van der Waals surface area contributed by atoms with Gasteiger partial charge in [-0.1, -0.05) is 11.6 Å². The van der Waals surface area contributed by atoms with Crippen molar-refractivity contribution in [3.8, 4) is 0 Å². The van der Waals surface area contributed by atoms with Crippen molar-refractivity contribution in [3.63, 3.8) is 0 Å². The maximum Gasteiger partial charge on any atom is 0.150 e. The molecule has 4 heteroatoms. The van der Waals surface area contributed by atoms with E-state index in [-0.39, 0.29) is 0 Å². The minimum Gasteiger partial charge on any atom is -0.330 e. The van der Waals surface area contributed by atoms with Crippen LogP contribution >= 0.6 is 11.6 Å². The number of aromatic nitrogens is 2. The third-order valence-corrected chi connectivity index (χ3v) is 4.10. The van der Waals surface area contributed by atoms with Crippen molar-refractivity contribution >= 4 is 11.6 Å². The van der Waals surface area contributed by atoms with Gasteiger partial charge in [0.05, 0.1) is 5.69 Å². The monoisotopic (exact) mass is 239 g/mol. The van der Waals surface area contributed by atoms with Crippen LogP contribution in [0.5, 0.6) is 0 Å². The van der Waals surface area contributed by atoms with Gasteiger partial charge in [-0.25, -0.2) is 4.98 Å². The molecular formula is C12H18ClN3. The number of hydrogen-bond acceptors (Lipinski definition) is 2. The Morgan fingerprint density at radius 3 is 2.88 bits per heavy atom. The van der Waals surface area contributed by atoms with Gasteiger partial charge in [-0.05, 0) is 44.6 Å². The fourth-order valence-corrected chi connectivity index (χ4v) is 3.01. The lowest BCUT2D eigenvalue weighted by Crippen LogP contribution is -2.23. The molecule has 1 aromatic rings. The van der Waals surface area contributed by atoms with Gasteiger partial charge in [0.1, 0.15) is 5.82 Å². The topological polar surface area (TPSA) is 43.8 Å². The van der Waals surface area contributed by atoms with Crippen molar-refractivity contribution in [1.29, 1.82) is 0 Å². The smallest absolute Gasteiger partial charge is 0.150 e. The first kappa shape index (κ1) is 10.6. The minimum absolute atomic E-state index is 0.683. The maximum absolute atomic E-state index is 6.20. The van der Waals surface area contributed by atoms with Crippen molar-refractivity contribution in [1.82, 2.24) is 9.55 Å². The van der Waals surface area contributed by atoms with Crippen LogP contribution in [0.4, 0.5) is 0 Å². The SMILES string of the molecule is NCCC1CCc2c(Cl)nc(C3CC3)n2C1. The Morgan fingerprint density at radius 2 is 2.19 bits per heavy atom. The third-order valence-electron chi connectivity index (χ3n) is 3.80. The summed E-state index contributed by atoms with van der Waals surface area (Å²) >= 11 is 6.20. The molecule has 0 amide bonds. The third kappa shape index (κ3) is 1.76. The molecule has 2 aliphatic rings. The van der Waals surface area contributed by atoms with Crippen LogP contribution in [0.15, 0.2) is 0 Å². The second-order valence-electron chi connectivity index (χ2n) is 5.07. The summed E-state index contributed by atoms with van der Waals surface area (Å²) in [6.45, 7) is 1.87. The summed E-state index contributed by atoms with van der Waals surface area (Å²) in [4.78, 5) is 4.55. The van der Waals surface area contributed by atoms with E-state index in [1.165, 1.54) is 30.8 Å². The van der Waals surface area contributed by atoms with E-state index in [1.54, 1.807) is 0 Å². The molecule has 0 radical (unpaired) electrons. The molecule has 1 fully saturated rings. The summed E-state index contributed by atoms with van der Waals surface area (Å²) in [7, 11) is 0. The second kappa shape index (κ2) is 4.04. The fraction of sp³-hybridized carbons (Fsp3) is 0.750. The fourth-order valence-electron chi connectivity index (χ4n) is 2.73. The van der Waals surface area contributed by atoms with Crippen LogP contribution in [0.3, 0.4) is 0 Å². The summed E-state index contributed by atoms with van der Waals surface area (Å²) in [5.74, 6) is 2.64. The maximum atomic E-state index is 6.20. The normalized spacial score (nSPS) is 24.5. The number of nitrogens with zero attached hydrogens (tertiary/aromatic N) is 2. The van der Waals surface area contributed by atoms with Crippen molar-refractivity contribution in [2.24, 2.45) is 11.7 Å². The Bertz CT molecular complexity index is 395. The lowest BCUT2D eigenvalue weighted by atomic mass is 9.95. The molecule has 2 N–H and O–H groups in total. The van der Waals surface area contributed by atoms with Gasteiger partial charge < -0.3 is 10.3 Å². The van der Waals surface area contributed by atoms with Crippen LogP contribution in [0.25, 0.3) is 0 Å². The zero-order valence-corrected chi connectivity index (χ0v) is 10.2. The largest absolute Gasteiger partial charge is 0.330 e. The molecule has 1 aliphatic heterocycles. The van der Waals surface area contributed by atoms with Crippen LogP contribution in [-0.2, 0) is 13.0 Å². The highest BCUT2D eigenvalue weighted by Crippen LogP contribution is 2.42. The molecule has 0 bridgehead atoms. The van der Waals surface area contributed by atoms with Crippen LogP contribution in [0.2, 0.25) is 5.15 Å². The number of fused-ring (bicyclic) bond motifs is 1. The van der Waals surface area contributed by atoms with E-state index in [0.717, 1.165) is 37.0 Å². The van der Waals surface area contributed by atoms with Gasteiger partial charge in [0.25, 0.3) is 0 Å². The minimum atomic E-state index is 0.683. The first-order valence-corrected chi connectivity index (χ1v) is 6.62. The van der Waals surface area contributed by atoms with Gasteiger partial charge in [-0.15, -0.1) is 0 Å². The van der Waals surface area contributed by atoms with Crippen LogP contribution < -0.4 is 5.73 Å². The van der Waals surface area contributed by atoms with Gasteiger partial charge in [0, 0.05) is 12.5 Å². The Hall–Kier alpha value is -0.540. The molecule has 3 rings (SSSR count). The summed E-state index contributed by atoms with van der Waals surface area (Å²) in [5.41, 5.74) is 6.90. The highest BCUT2D eigenvalue weighted by molar-refractivity contribution is 6.30. The summed E-state index contributed by atoms with van der Waals surface area (Å²) in [6, 6.07) is 0. The predicted octanol–water partition coefficient (Wildman–Crippen LogP) is 2.33. The average Bonchev–Trinajstić information content (AvgIpc) is 3.06. The van der Waals surface area contributed by atoms with Gasteiger partial charge in [-0.3, -0.25) is 0 Å². The average molecular weight is 240 g/mol. The van der Waals surface area contributed by atoms with Crippen LogP contribution in [0.1, 0.15) is 43.1 Å². The molecule has 2 heterocycles. The van der Waals surface area contributed by atoms with E-state index >= 15 is 0 Å².